The predicted octanol–water partition coefficient (Wildman–Crippen LogP) is 0.327. The maximum atomic E-state index is 11.6. The van der Waals surface area contributed by atoms with Crippen LogP contribution in [0.25, 0.3) is 0 Å². The topological polar surface area (TPSA) is 122 Å². The molecule has 0 aliphatic rings. The second kappa shape index (κ2) is 7.37. The Balaban J connectivity index is 2.48. The summed E-state index contributed by atoms with van der Waals surface area (Å²) in [5.41, 5.74) is 4.90. The van der Waals surface area contributed by atoms with Gasteiger partial charge in [-0.3, -0.25) is 9.59 Å². The average molecular weight is 283 g/mol. The summed E-state index contributed by atoms with van der Waals surface area (Å²) in [7, 11) is 0. The van der Waals surface area contributed by atoms with Gasteiger partial charge in [0.1, 0.15) is 0 Å². The molecule has 0 bridgehead atoms. The van der Waals surface area contributed by atoms with E-state index >= 15 is 0 Å². The van der Waals surface area contributed by atoms with E-state index in [-0.39, 0.29) is 29.5 Å². The Labute approximate surface area is 113 Å². The number of carboxylic acids is 1. The van der Waals surface area contributed by atoms with Gasteiger partial charge in [0.05, 0.1) is 11.4 Å². The number of thioether (sulfide) groups is 1. The zero-order chi connectivity index (χ0) is 14.3. The van der Waals surface area contributed by atoms with Crippen LogP contribution < -0.4 is 11.1 Å². The van der Waals surface area contributed by atoms with Crippen molar-refractivity contribution in [3.63, 3.8) is 0 Å². The number of amides is 2. The minimum atomic E-state index is -1.21. The Kier molecular flexibility index (Phi) is 5.80. The largest absolute Gasteiger partial charge is 0.476 e. The number of primary amides is 1. The summed E-state index contributed by atoms with van der Waals surface area (Å²) in [6, 6.07) is 2.99. The van der Waals surface area contributed by atoms with Gasteiger partial charge in [0.15, 0.2) is 5.69 Å². The molecule has 1 aromatic heterocycles. The third-order valence-electron chi connectivity index (χ3n) is 2.00. The van der Waals surface area contributed by atoms with E-state index in [1.165, 1.54) is 30.1 Å². The van der Waals surface area contributed by atoms with Crippen LogP contribution in [0.5, 0.6) is 0 Å². The molecule has 0 aliphatic carbocycles. The highest BCUT2D eigenvalue weighted by Crippen LogP contribution is 2.12. The molecule has 1 rings (SSSR count). The van der Waals surface area contributed by atoms with Gasteiger partial charge in [-0.05, 0) is 12.1 Å². The summed E-state index contributed by atoms with van der Waals surface area (Å²) in [5.74, 6) is -1.41. The van der Waals surface area contributed by atoms with Gasteiger partial charge < -0.3 is 16.2 Å². The van der Waals surface area contributed by atoms with Crippen LogP contribution in [0, 0.1) is 0 Å². The van der Waals surface area contributed by atoms with Crippen LogP contribution in [-0.2, 0) is 9.59 Å². The van der Waals surface area contributed by atoms with Crippen molar-refractivity contribution < 1.29 is 19.5 Å². The predicted molar refractivity (Wildman–Crippen MR) is 71.0 cm³/mol. The number of carbonyl (C=O) groups is 3. The molecule has 0 aromatic carbocycles. The number of hydrogen-bond acceptors (Lipinski definition) is 5. The third-order valence-corrected chi connectivity index (χ3v) is 2.98. The lowest BCUT2D eigenvalue weighted by molar-refractivity contribution is -0.116. The molecule has 2 amide bonds. The van der Waals surface area contributed by atoms with Crippen LogP contribution in [-0.4, -0.2) is 39.4 Å². The van der Waals surface area contributed by atoms with E-state index in [9.17, 15) is 14.4 Å². The van der Waals surface area contributed by atoms with Crippen molar-refractivity contribution in [2.75, 3.05) is 16.8 Å². The molecule has 1 heterocycles. The first-order valence-electron chi connectivity index (χ1n) is 5.35. The lowest BCUT2D eigenvalue weighted by atomic mass is 10.3. The van der Waals surface area contributed by atoms with E-state index in [2.05, 4.69) is 10.3 Å². The molecule has 19 heavy (non-hydrogen) atoms. The van der Waals surface area contributed by atoms with Gasteiger partial charge in [-0.25, -0.2) is 9.78 Å². The molecule has 0 unspecified atom stereocenters. The number of rotatable bonds is 7. The fraction of sp³-hybridized carbons (Fsp3) is 0.273. The maximum Gasteiger partial charge on any atom is 0.356 e. The van der Waals surface area contributed by atoms with Crippen LogP contribution in [0.1, 0.15) is 16.9 Å². The number of nitrogens with two attached hydrogens (primary N) is 1. The molecule has 0 radical (unpaired) electrons. The second-order valence-corrected chi connectivity index (χ2v) is 4.63. The first kappa shape index (κ1) is 15.0. The number of pyridine rings is 1. The number of hydrogen-bond donors (Lipinski definition) is 3. The van der Waals surface area contributed by atoms with Gasteiger partial charge in [-0.2, -0.15) is 11.8 Å². The smallest absolute Gasteiger partial charge is 0.356 e. The number of anilines is 1. The molecule has 1 aromatic rings. The van der Waals surface area contributed by atoms with Crippen LogP contribution in [0.3, 0.4) is 0 Å². The van der Waals surface area contributed by atoms with Crippen molar-refractivity contribution in [3.05, 3.63) is 24.0 Å². The van der Waals surface area contributed by atoms with E-state index in [1.807, 2.05) is 0 Å². The quantitative estimate of drug-likeness (QED) is 0.620. The fourth-order valence-electron chi connectivity index (χ4n) is 1.23. The molecule has 0 fully saturated rings. The van der Waals surface area contributed by atoms with Crippen LogP contribution in [0.2, 0.25) is 0 Å². The third kappa shape index (κ3) is 5.38. The zero-order valence-corrected chi connectivity index (χ0v) is 10.8. The first-order chi connectivity index (χ1) is 9.00. The van der Waals surface area contributed by atoms with E-state index in [4.69, 9.17) is 10.8 Å². The van der Waals surface area contributed by atoms with Crippen molar-refractivity contribution in [1.29, 1.82) is 0 Å². The number of carbonyl (C=O) groups excluding carboxylic acids is 2. The Hall–Kier alpha value is -2.09. The second-order valence-electron chi connectivity index (χ2n) is 3.52. The summed E-state index contributed by atoms with van der Waals surface area (Å²) >= 11 is 1.24. The maximum absolute atomic E-state index is 11.6. The molecule has 0 saturated carbocycles. The summed E-state index contributed by atoms with van der Waals surface area (Å²) in [5, 5.41) is 11.4. The van der Waals surface area contributed by atoms with Crippen LogP contribution in [0.4, 0.5) is 5.69 Å². The van der Waals surface area contributed by atoms with Crippen molar-refractivity contribution in [2.24, 2.45) is 5.73 Å². The van der Waals surface area contributed by atoms with Gasteiger partial charge >= 0.3 is 5.97 Å². The van der Waals surface area contributed by atoms with Crippen molar-refractivity contribution in [3.8, 4) is 0 Å². The number of nitrogens with zero attached hydrogens (tertiary/aromatic N) is 1. The normalized spacial score (nSPS) is 9.89. The van der Waals surface area contributed by atoms with Gasteiger partial charge in [0, 0.05) is 18.4 Å². The first-order valence-corrected chi connectivity index (χ1v) is 6.50. The monoisotopic (exact) mass is 283 g/mol. The molecule has 4 N–H and O–H groups in total. The van der Waals surface area contributed by atoms with Gasteiger partial charge in [0.25, 0.3) is 0 Å². The standard InChI is InChI=1S/C11H13N3O4S/c12-8(15)6-19-5-3-9(16)14-7-2-1-4-13-10(7)11(17)18/h1-2,4H,3,5-6H2,(H2,12,15)(H,14,16)(H,17,18). The number of nitrogens with one attached hydrogen (secondary N) is 1. The van der Waals surface area contributed by atoms with E-state index < -0.39 is 11.9 Å². The van der Waals surface area contributed by atoms with Crippen LogP contribution >= 0.6 is 11.8 Å². The molecule has 0 aliphatic heterocycles. The number of carboxylic acid groups (broad SMARTS) is 1. The molecule has 7 nitrogen and oxygen atoms in total. The zero-order valence-electron chi connectivity index (χ0n) is 9.96. The fourth-order valence-corrected chi connectivity index (χ4v) is 1.90. The molecular formula is C11H13N3O4S. The van der Waals surface area contributed by atoms with Gasteiger partial charge in [-0.1, -0.05) is 0 Å². The van der Waals surface area contributed by atoms with Crippen molar-refractivity contribution in [2.45, 2.75) is 6.42 Å². The lowest BCUT2D eigenvalue weighted by Crippen LogP contribution is -2.17. The lowest BCUT2D eigenvalue weighted by Gasteiger charge is -2.07. The van der Waals surface area contributed by atoms with Crippen molar-refractivity contribution in [1.82, 2.24) is 4.98 Å². The summed E-state index contributed by atoms with van der Waals surface area (Å²) in [6.45, 7) is 0. The van der Waals surface area contributed by atoms with Crippen LogP contribution in [0.15, 0.2) is 18.3 Å². The summed E-state index contributed by atoms with van der Waals surface area (Å²) in [6.07, 6.45) is 1.49. The summed E-state index contributed by atoms with van der Waals surface area (Å²) in [4.78, 5) is 36.6. The average Bonchev–Trinajstić information content (AvgIpc) is 2.35. The minimum absolute atomic E-state index is 0.153. The van der Waals surface area contributed by atoms with Crippen molar-refractivity contribution >= 4 is 35.2 Å². The highest BCUT2D eigenvalue weighted by molar-refractivity contribution is 7.99. The Morgan fingerprint density at radius 1 is 1.42 bits per heavy atom. The minimum Gasteiger partial charge on any atom is -0.476 e. The SMILES string of the molecule is NC(=O)CSCCC(=O)Nc1cccnc1C(=O)O. The number of aromatic carboxylic acids is 1. The van der Waals surface area contributed by atoms with E-state index in [0.29, 0.717) is 5.75 Å². The van der Waals surface area contributed by atoms with Gasteiger partial charge in [-0.15, -0.1) is 0 Å². The molecule has 0 atom stereocenters. The molecule has 0 spiro atoms. The van der Waals surface area contributed by atoms with E-state index in [0.717, 1.165) is 0 Å². The highest BCUT2D eigenvalue weighted by atomic mass is 32.2. The van der Waals surface area contributed by atoms with Gasteiger partial charge in [0.2, 0.25) is 11.8 Å². The molecule has 0 saturated heterocycles. The Morgan fingerprint density at radius 2 is 2.16 bits per heavy atom. The summed E-state index contributed by atoms with van der Waals surface area (Å²) < 4.78 is 0. The molecule has 8 heteroatoms. The molecule has 102 valence electrons. The number of aromatic nitrogens is 1. The Bertz CT molecular complexity index is 493. The van der Waals surface area contributed by atoms with E-state index in [1.54, 1.807) is 0 Å². The highest BCUT2D eigenvalue weighted by Gasteiger charge is 2.13. The molecular weight excluding hydrogens is 270 g/mol. The Morgan fingerprint density at radius 3 is 2.79 bits per heavy atom.